The quantitative estimate of drug-likeness (QED) is 0.939. The lowest BCUT2D eigenvalue weighted by molar-refractivity contribution is -0.137. The van der Waals surface area contributed by atoms with E-state index in [2.05, 4.69) is 10.3 Å². The summed E-state index contributed by atoms with van der Waals surface area (Å²) >= 11 is 0. The number of alkyl halides is 3. The van der Waals surface area contributed by atoms with Crippen molar-refractivity contribution in [2.75, 3.05) is 0 Å². The predicted molar refractivity (Wildman–Crippen MR) is 78.3 cm³/mol. The Hall–Kier alpha value is -2.31. The number of hydrogen-bond acceptors (Lipinski definition) is 2. The van der Waals surface area contributed by atoms with Crippen LogP contribution in [0.1, 0.15) is 41.7 Å². The Balaban J connectivity index is 1.77. The van der Waals surface area contributed by atoms with E-state index in [9.17, 15) is 18.0 Å². The maximum atomic E-state index is 12.8. The Morgan fingerprint density at radius 1 is 1.26 bits per heavy atom. The fourth-order valence-corrected chi connectivity index (χ4v) is 2.75. The third-order valence-electron chi connectivity index (χ3n) is 3.98. The van der Waals surface area contributed by atoms with Gasteiger partial charge in [-0.1, -0.05) is 18.9 Å². The highest BCUT2D eigenvalue weighted by Crippen LogP contribution is 2.30. The lowest BCUT2D eigenvalue weighted by Gasteiger charge is -2.10. The summed E-state index contributed by atoms with van der Waals surface area (Å²) in [6.07, 6.45) is 2.51. The summed E-state index contributed by atoms with van der Waals surface area (Å²) < 4.78 is 39.7. The van der Waals surface area contributed by atoms with Crippen LogP contribution in [0, 0.1) is 0 Å². The molecule has 1 aliphatic rings. The predicted octanol–water partition coefficient (Wildman–Crippen LogP) is 3.56. The van der Waals surface area contributed by atoms with Crippen LogP contribution in [0.4, 0.5) is 13.2 Å². The van der Waals surface area contributed by atoms with Crippen molar-refractivity contribution in [3.05, 3.63) is 48.0 Å². The number of nitrogens with zero attached hydrogens (tertiary/aromatic N) is 2. The van der Waals surface area contributed by atoms with Crippen molar-refractivity contribution >= 4 is 5.91 Å². The summed E-state index contributed by atoms with van der Waals surface area (Å²) in [5.74, 6) is -0.289. The molecule has 7 heteroatoms. The molecule has 1 N–H and O–H groups in total. The van der Waals surface area contributed by atoms with Crippen molar-refractivity contribution in [2.24, 2.45) is 0 Å². The second-order valence-corrected chi connectivity index (χ2v) is 5.67. The molecule has 1 aromatic heterocycles. The number of amides is 1. The van der Waals surface area contributed by atoms with E-state index in [0.717, 1.165) is 37.8 Å². The minimum absolute atomic E-state index is 0.168. The molecule has 0 saturated heterocycles. The third kappa shape index (κ3) is 3.55. The molecule has 1 fully saturated rings. The van der Waals surface area contributed by atoms with Crippen molar-refractivity contribution in [3.63, 3.8) is 0 Å². The Labute approximate surface area is 131 Å². The van der Waals surface area contributed by atoms with Gasteiger partial charge in [0.05, 0.1) is 5.56 Å². The molecule has 1 aromatic carbocycles. The van der Waals surface area contributed by atoms with Crippen LogP contribution in [-0.4, -0.2) is 21.5 Å². The number of nitrogens with one attached hydrogen (secondary N) is 1. The van der Waals surface area contributed by atoms with E-state index < -0.39 is 11.7 Å². The molecule has 1 heterocycles. The molecule has 0 bridgehead atoms. The van der Waals surface area contributed by atoms with Gasteiger partial charge < -0.3 is 9.88 Å². The number of rotatable bonds is 3. The van der Waals surface area contributed by atoms with Crippen molar-refractivity contribution in [1.82, 2.24) is 14.9 Å². The molecule has 23 heavy (non-hydrogen) atoms. The molecule has 4 nitrogen and oxygen atoms in total. The maximum absolute atomic E-state index is 12.8. The molecular weight excluding hydrogens is 307 g/mol. The average Bonchev–Trinajstić information content (AvgIpc) is 3.17. The van der Waals surface area contributed by atoms with Crippen LogP contribution in [0.2, 0.25) is 0 Å². The van der Waals surface area contributed by atoms with Gasteiger partial charge in [-0.3, -0.25) is 4.79 Å². The number of hydrogen-bond donors (Lipinski definition) is 1. The number of halogens is 3. The topological polar surface area (TPSA) is 46.9 Å². The normalized spacial score (nSPS) is 15.8. The smallest absolute Gasteiger partial charge is 0.348 e. The van der Waals surface area contributed by atoms with Gasteiger partial charge in [-0.05, 0) is 31.0 Å². The molecule has 0 unspecified atom stereocenters. The number of benzene rings is 1. The monoisotopic (exact) mass is 323 g/mol. The maximum Gasteiger partial charge on any atom is 0.416 e. The Bertz CT molecular complexity index is 703. The van der Waals surface area contributed by atoms with Crippen molar-refractivity contribution in [3.8, 4) is 5.69 Å². The first-order chi connectivity index (χ1) is 10.9. The Kier molecular flexibility index (Phi) is 4.11. The zero-order valence-corrected chi connectivity index (χ0v) is 12.3. The van der Waals surface area contributed by atoms with Crippen LogP contribution in [0.5, 0.6) is 0 Å². The number of carbonyl (C=O) groups is 1. The standard InChI is InChI=1S/C16H16F3N3O/c17-16(18,19)11-4-3-7-13(8-11)22-9-14(20-10-22)15(23)21-12-5-1-2-6-12/h3-4,7-10,12H,1-2,5-6H2,(H,21,23). The van der Waals surface area contributed by atoms with Crippen molar-refractivity contribution in [1.29, 1.82) is 0 Å². The van der Waals surface area contributed by atoms with E-state index >= 15 is 0 Å². The van der Waals surface area contributed by atoms with Crippen LogP contribution in [-0.2, 0) is 6.18 Å². The lowest BCUT2D eigenvalue weighted by atomic mass is 10.2. The fourth-order valence-electron chi connectivity index (χ4n) is 2.75. The molecule has 0 atom stereocenters. The minimum Gasteiger partial charge on any atom is -0.348 e. The van der Waals surface area contributed by atoms with Gasteiger partial charge in [-0.25, -0.2) is 4.98 Å². The van der Waals surface area contributed by atoms with E-state index in [0.29, 0.717) is 5.69 Å². The van der Waals surface area contributed by atoms with Gasteiger partial charge >= 0.3 is 6.18 Å². The number of carbonyl (C=O) groups excluding carboxylic acids is 1. The zero-order valence-electron chi connectivity index (χ0n) is 12.3. The van der Waals surface area contributed by atoms with Gasteiger partial charge in [-0.2, -0.15) is 13.2 Å². The summed E-state index contributed by atoms with van der Waals surface area (Å²) in [5, 5.41) is 2.90. The average molecular weight is 323 g/mol. The van der Waals surface area contributed by atoms with Crippen molar-refractivity contribution in [2.45, 2.75) is 37.9 Å². The van der Waals surface area contributed by atoms with Crippen LogP contribution >= 0.6 is 0 Å². The van der Waals surface area contributed by atoms with Crippen LogP contribution in [0.25, 0.3) is 5.69 Å². The molecule has 1 saturated carbocycles. The molecule has 0 spiro atoms. The zero-order chi connectivity index (χ0) is 16.4. The number of aromatic nitrogens is 2. The van der Waals surface area contributed by atoms with Crippen LogP contribution in [0.15, 0.2) is 36.8 Å². The summed E-state index contributed by atoms with van der Waals surface area (Å²) in [7, 11) is 0. The molecule has 0 aliphatic heterocycles. The highest BCUT2D eigenvalue weighted by molar-refractivity contribution is 5.92. The van der Waals surface area contributed by atoms with Gasteiger partial charge in [-0.15, -0.1) is 0 Å². The van der Waals surface area contributed by atoms with Gasteiger partial charge in [0.25, 0.3) is 5.91 Å². The SMILES string of the molecule is O=C(NC1CCCC1)c1cn(-c2cccc(C(F)(F)F)c2)cn1. The highest BCUT2D eigenvalue weighted by Gasteiger charge is 2.30. The molecular formula is C16H16F3N3O. The molecule has 2 aromatic rings. The summed E-state index contributed by atoms with van der Waals surface area (Å²) in [6.45, 7) is 0. The summed E-state index contributed by atoms with van der Waals surface area (Å²) in [6, 6.07) is 5.07. The van der Waals surface area contributed by atoms with Gasteiger partial charge in [0.2, 0.25) is 0 Å². The molecule has 3 rings (SSSR count). The highest BCUT2D eigenvalue weighted by atomic mass is 19.4. The molecule has 0 radical (unpaired) electrons. The number of imidazole rings is 1. The molecule has 1 aliphatic carbocycles. The first-order valence-electron chi connectivity index (χ1n) is 7.46. The molecule has 1 amide bonds. The minimum atomic E-state index is -4.40. The van der Waals surface area contributed by atoms with E-state index in [1.54, 1.807) is 0 Å². The largest absolute Gasteiger partial charge is 0.416 e. The first-order valence-corrected chi connectivity index (χ1v) is 7.46. The van der Waals surface area contributed by atoms with E-state index in [1.165, 1.54) is 29.2 Å². The first kappa shape index (κ1) is 15.6. The van der Waals surface area contributed by atoms with Gasteiger partial charge in [0.15, 0.2) is 0 Å². The van der Waals surface area contributed by atoms with Crippen molar-refractivity contribution < 1.29 is 18.0 Å². The van der Waals surface area contributed by atoms with E-state index in [1.807, 2.05) is 0 Å². The summed E-state index contributed by atoms with van der Waals surface area (Å²) in [4.78, 5) is 16.1. The third-order valence-corrected chi connectivity index (χ3v) is 3.98. The van der Waals surface area contributed by atoms with E-state index in [-0.39, 0.29) is 17.6 Å². The van der Waals surface area contributed by atoms with Crippen LogP contribution < -0.4 is 5.32 Å². The summed E-state index contributed by atoms with van der Waals surface area (Å²) in [5.41, 5.74) is -0.220. The molecule has 122 valence electrons. The van der Waals surface area contributed by atoms with Gasteiger partial charge in [0.1, 0.15) is 12.0 Å². The van der Waals surface area contributed by atoms with Crippen LogP contribution in [0.3, 0.4) is 0 Å². The Morgan fingerprint density at radius 3 is 2.70 bits per heavy atom. The van der Waals surface area contributed by atoms with E-state index in [4.69, 9.17) is 0 Å². The Morgan fingerprint density at radius 2 is 2.00 bits per heavy atom. The second kappa shape index (κ2) is 6.06. The second-order valence-electron chi connectivity index (χ2n) is 5.67. The fraction of sp³-hybridized carbons (Fsp3) is 0.375. The lowest BCUT2D eigenvalue weighted by Crippen LogP contribution is -2.32. The van der Waals surface area contributed by atoms with Gasteiger partial charge in [0, 0.05) is 17.9 Å².